The number of nitrogens with zero attached hydrogens (tertiary/aromatic N) is 3. The zero-order valence-electron chi connectivity index (χ0n) is 67.3. The van der Waals surface area contributed by atoms with E-state index in [0.717, 1.165) is 41.4 Å². The van der Waals surface area contributed by atoms with Gasteiger partial charge in [0.15, 0.2) is 11.6 Å². The van der Waals surface area contributed by atoms with Gasteiger partial charge in [0.2, 0.25) is 23.6 Å². The van der Waals surface area contributed by atoms with Crippen LogP contribution in [0.3, 0.4) is 0 Å². The zero-order valence-corrected chi connectivity index (χ0v) is 99.7. The molecule has 0 fully saturated rings. The molecule has 23 N–H and O–H groups in total. The van der Waals surface area contributed by atoms with Crippen molar-refractivity contribution in [2.75, 3.05) is 145 Å². The van der Waals surface area contributed by atoms with Crippen molar-refractivity contribution in [2.24, 2.45) is 11.8 Å². The summed E-state index contributed by atoms with van der Waals surface area (Å²) in [5, 5.41) is 174. The lowest BCUT2D eigenvalue weighted by atomic mass is 9.98. The van der Waals surface area contributed by atoms with E-state index < -0.39 is 224 Å². The van der Waals surface area contributed by atoms with Crippen LogP contribution in [0, 0.1) is 54.7 Å². The van der Waals surface area contributed by atoms with E-state index in [2.05, 4.69) is 105 Å². The molecule has 0 radical (unpaired) electrons. The molecule has 0 aliphatic rings. The maximum Gasteiger partial charge on any atom is 0.253 e. The van der Waals surface area contributed by atoms with Crippen LogP contribution in [0.25, 0.3) is 0 Å². The Morgan fingerprint density at radius 3 is 0.638 bits per heavy atom. The van der Waals surface area contributed by atoms with Crippen LogP contribution in [0.15, 0.2) is 0 Å². The Bertz CT molecular complexity index is 4010. The Kier molecular flexibility index (Phi) is 61.8. The first kappa shape index (κ1) is 124. The highest BCUT2D eigenvalue weighted by Crippen LogP contribution is 2.45. The fourth-order valence-corrected chi connectivity index (χ4v) is 35.0. The van der Waals surface area contributed by atoms with E-state index in [9.17, 15) is 129 Å². The van der Waals surface area contributed by atoms with E-state index in [0.29, 0.717) is 10.7 Å². The molecule has 38 nitrogen and oxygen atoms in total. The van der Waals surface area contributed by atoms with Crippen LogP contribution in [0.2, 0.25) is 0 Å². The average Bonchev–Trinajstić information content (AvgIpc) is 0.754. The van der Waals surface area contributed by atoms with Gasteiger partial charge in [0.25, 0.3) is 35.4 Å². The number of anilines is 4. The molecule has 127 heavy (non-hydrogen) atoms. The quantitative estimate of drug-likeness (QED) is 0.0170. The predicted molar refractivity (Wildman–Crippen MR) is 596 cm³/mol. The van der Waals surface area contributed by atoms with Gasteiger partial charge < -0.3 is 134 Å². The Morgan fingerprint density at radius 1 is 0.276 bits per heavy atom. The minimum Gasteiger partial charge on any atom is -0.394 e. The van der Waals surface area contributed by atoms with Crippen LogP contribution in [0.4, 0.5) is 22.7 Å². The van der Waals surface area contributed by atoms with Crippen LogP contribution in [0.5, 0.6) is 0 Å². The predicted octanol–water partition coefficient (Wildman–Crippen LogP) is 3.70. The van der Waals surface area contributed by atoms with Crippen LogP contribution in [0.1, 0.15) is 136 Å². The van der Waals surface area contributed by atoms with Gasteiger partial charge in [0, 0.05) is 151 Å². The summed E-state index contributed by atoms with van der Waals surface area (Å²) in [4.78, 5) is 171. The van der Waals surface area contributed by atoms with E-state index >= 15 is 0 Å². The number of aliphatic hydroxyl groups excluding tert-OH is 16. The molecule has 8 atom stereocenters. The van der Waals surface area contributed by atoms with Crippen molar-refractivity contribution in [3.05, 3.63) is 87.3 Å². The van der Waals surface area contributed by atoms with Crippen molar-refractivity contribution in [3.63, 3.8) is 0 Å². The lowest BCUT2D eigenvalue weighted by Gasteiger charge is -2.37. The lowest BCUT2D eigenvalue weighted by molar-refractivity contribution is -0.117. The minimum absolute atomic E-state index is 0.00211. The summed E-state index contributed by atoms with van der Waals surface area (Å²) in [7, 11) is 0. The van der Waals surface area contributed by atoms with E-state index in [1.165, 1.54) is 20.2 Å². The number of carbonyl (C=O) groups is 12. The molecule has 8 unspecified atom stereocenters. The van der Waals surface area contributed by atoms with Crippen LogP contribution in [-0.4, -0.2) is 326 Å². The molecule has 712 valence electrons. The van der Waals surface area contributed by atoms with Crippen molar-refractivity contribution >= 4 is 432 Å². The zero-order chi connectivity index (χ0) is 97.2. The average molecular weight is 3470 g/mol. The highest BCUT2D eigenvalue weighted by molar-refractivity contribution is 14.1. The van der Waals surface area contributed by atoms with E-state index in [1.807, 2.05) is 113 Å². The summed E-state index contributed by atoms with van der Waals surface area (Å²) in [5.41, 5.74) is -0.791. The smallest absolute Gasteiger partial charge is 0.253 e. The number of Topliss-reactive ketones (excluding diaryl/α,β-unsaturated/α-hetero) is 2. The largest absolute Gasteiger partial charge is 0.394 e. The van der Waals surface area contributed by atoms with Gasteiger partial charge in [-0.3, -0.25) is 57.5 Å². The third-order valence-corrected chi connectivity index (χ3v) is 33.9. The number of hydrogen-bond acceptors (Lipinski definition) is 28. The number of amides is 10. The second-order valence-corrected chi connectivity index (χ2v) is 42.9. The summed E-state index contributed by atoms with van der Waals surface area (Å²) < 4.78 is 5.42. The monoisotopic (exact) mass is 3470 g/mol. The molecule has 4 rings (SSSR count). The van der Waals surface area contributed by atoms with E-state index in [-0.39, 0.29) is 138 Å². The summed E-state index contributed by atoms with van der Waals surface area (Å²) >= 11 is 29.0. The standard InChI is InChI=1S/C54H66I9N7O21.C16H20I3N3O7.C4H7I3/c1-21(77)68(48-42(58)33(31(86)6-4-25(80)15-71)39(55)35(44(48)60)51(88)64-8-27(82)17-73)12-24(13-69(22(2)78)49-43(59)34(32(87)7-5-26(81)16-72)40(56)36(45(49)61)52(89)65-9-28(83)18-74)14-70(23(3)79)50-46(62)37(53(90)66-10-29(84)19-75)41(57)38(47(50)63)54(91)67-11-30(85)20-76;1-6(25)22-14-12(18)9(15(28)20-2-7(26)4-23)11(17)10(13(14)19)16(29)21-3-8(27)5-24;5-1-4(2-6)3-7/h24-30,71-76,80-85H,4-20H2,1-3H3,(H,64,88)(H,65,89)(H,66,90)(H,67,91);7-8,23-24,26-27H,2-5H2,1H3,(H,20,28)(H,21,29)(H,22,25);4H,1-3H2. The molecule has 0 saturated carbocycles. The molecule has 0 heterocycles. The topological polar surface area (TPSA) is 622 Å². The van der Waals surface area contributed by atoms with Gasteiger partial charge in [-0.2, -0.15) is 0 Å². The minimum atomic E-state index is -1.44. The number of carbonyl (C=O) groups excluding carboxylic acids is 12. The molecule has 0 aromatic heterocycles. The van der Waals surface area contributed by atoms with Gasteiger partial charge in [0.1, 0.15) is 0 Å². The Labute approximate surface area is 935 Å². The highest BCUT2D eigenvalue weighted by Gasteiger charge is 2.40. The van der Waals surface area contributed by atoms with Crippen molar-refractivity contribution in [1.29, 1.82) is 0 Å². The molecular weight excluding hydrogens is 3380 g/mol. The first-order chi connectivity index (χ1) is 59.5. The van der Waals surface area contributed by atoms with E-state index in [1.54, 1.807) is 158 Å². The first-order valence-corrected chi connectivity index (χ1v) is 54.7. The number of benzene rings is 4. The van der Waals surface area contributed by atoms with Gasteiger partial charge in [-0.15, -0.1) is 0 Å². The molecule has 10 amide bonds. The van der Waals surface area contributed by atoms with Crippen LogP contribution >= 0.6 is 339 Å². The SMILES string of the molecule is CC(=O)N(CC(CN(C(C)=O)c1c(I)c(C(=O)CCC(O)CO)c(I)c(C(=O)NCC(O)CO)c1I)CN(C(C)=O)c1c(I)c(C(=O)NCC(O)CO)c(I)c(C(=O)NCC(O)CO)c1I)c1c(I)c(C(=O)CCC(O)CO)c(I)c(C(=O)NCC(O)CO)c1I.CC(=O)Nc1c(I)c(C(=O)NCC(O)CO)c(I)c(C(=O)NCC(O)CO)c1I.ICC(CI)CI. The first-order valence-electron chi connectivity index (χ1n) is 37.2. The van der Waals surface area contributed by atoms with E-state index in [4.69, 9.17) is 10.2 Å². The summed E-state index contributed by atoms with van der Waals surface area (Å²) in [6.07, 6.45) is -12.0. The van der Waals surface area contributed by atoms with Crippen LogP contribution < -0.4 is 51.9 Å². The molecule has 0 spiro atoms. The van der Waals surface area contributed by atoms with Crippen molar-refractivity contribution in [3.8, 4) is 0 Å². The maximum atomic E-state index is 14.8. The third kappa shape index (κ3) is 37.3. The summed E-state index contributed by atoms with van der Waals surface area (Å²) in [6.45, 7) is -4.85. The molecule has 4 aromatic rings. The molecular formula is C74H93I15N10O28. The van der Waals surface area contributed by atoms with Gasteiger partial charge in [-0.05, 0) is 290 Å². The van der Waals surface area contributed by atoms with Gasteiger partial charge in [-0.1, -0.05) is 67.8 Å². The van der Waals surface area contributed by atoms with Crippen molar-refractivity contribution in [2.45, 2.75) is 102 Å². The fourth-order valence-electron chi connectivity index (χ4n) is 10.7. The molecule has 0 aliphatic carbocycles. The number of aliphatic hydroxyl groups is 16. The normalized spacial score (nSPS) is 13.3. The number of hydrogen-bond donors (Lipinski definition) is 23. The fraction of sp³-hybridized carbons (Fsp3) is 0.514. The van der Waals surface area contributed by atoms with Gasteiger partial charge in [-0.25, -0.2) is 0 Å². The van der Waals surface area contributed by atoms with Crippen molar-refractivity contribution in [1.82, 2.24) is 31.9 Å². The van der Waals surface area contributed by atoms with Gasteiger partial charge in [0.05, 0.1) is 179 Å². The Hall–Kier alpha value is 1.23. The number of alkyl halides is 3. The maximum absolute atomic E-state index is 14.8. The third-order valence-electron chi connectivity index (χ3n) is 17.4. The van der Waals surface area contributed by atoms with Gasteiger partial charge >= 0.3 is 0 Å². The number of halogens is 15. The molecule has 53 heteroatoms. The number of nitrogens with one attached hydrogen (secondary N) is 7. The molecule has 0 aliphatic heterocycles. The summed E-state index contributed by atoms with van der Waals surface area (Å²) in [6, 6.07) is 0. The summed E-state index contributed by atoms with van der Waals surface area (Å²) in [5.74, 6) is -9.15. The van der Waals surface area contributed by atoms with Crippen molar-refractivity contribution < 1.29 is 139 Å². The Morgan fingerprint density at radius 2 is 0.465 bits per heavy atom. The highest BCUT2D eigenvalue weighted by atomic mass is 127. The number of ketones is 2. The molecule has 0 bridgehead atoms. The lowest BCUT2D eigenvalue weighted by Crippen LogP contribution is -2.48. The number of rotatable bonds is 47. The second kappa shape index (κ2) is 63.1. The van der Waals surface area contributed by atoms with Crippen LogP contribution in [-0.2, 0) is 19.2 Å². The molecule has 4 aromatic carbocycles. The second-order valence-electron chi connectivity index (χ2n) is 27.3. The molecule has 0 saturated heterocycles. The Balaban J connectivity index is 0.00000125.